The van der Waals surface area contributed by atoms with E-state index in [1.54, 1.807) is 7.11 Å². The Balaban J connectivity index is 3.53. The van der Waals surface area contributed by atoms with E-state index < -0.39 is 0 Å². The van der Waals surface area contributed by atoms with Crippen LogP contribution >= 0.6 is 0 Å². The van der Waals surface area contributed by atoms with E-state index in [2.05, 4.69) is 19.2 Å². The van der Waals surface area contributed by atoms with E-state index >= 15 is 0 Å². The average molecular weight is 189 g/mol. The maximum atomic E-state index is 8.79. The van der Waals surface area contributed by atoms with Gasteiger partial charge in [0.25, 0.3) is 0 Å². The molecule has 0 fully saturated rings. The number of aliphatic hydroxyl groups is 1. The maximum Gasteiger partial charge on any atom is 0.0476 e. The highest BCUT2D eigenvalue weighted by Gasteiger charge is 2.08. The second kappa shape index (κ2) is 8.48. The average Bonchev–Trinajstić information content (AvgIpc) is 2.14. The van der Waals surface area contributed by atoms with Gasteiger partial charge in [-0.3, -0.25) is 0 Å². The van der Waals surface area contributed by atoms with Crippen LogP contribution in [0.2, 0.25) is 0 Å². The molecule has 3 heteroatoms. The number of methoxy groups -OCH3 is 1. The second-order valence-corrected chi connectivity index (χ2v) is 3.47. The van der Waals surface area contributed by atoms with E-state index in [9.17, 15) is 0 Å². The quantitative estimate of drug-likeness (QED) is 0.602. The zero-order valence-corrected chi connectivity index (χ0v) is 9.05. The Morgan fingerprint density at radius 3 is 2.54 bits per heavy atom. The Morgan fingerprint density at radius 2 is 2.08 bits per heavy atom. The topological polar surface area (TPSA) is 41.5 Å². The maximum absolute atomic E-state index is 8.79. The normalized spacial score (nSPS) is 15.7. The summed E-state index contributed by atoms with van der Waals surface area (Å²) in [6.07, 6.45) is 2.93. The molecule has 0 saturated carbocycles. The predicted octanol–water partition coefficient (Wildman–Crippen LogP) is 1.16. The van der Waals surface area contributed by atoms with Crippen molar-refractivity contribution in [2.45, 2.75) is 45.2 Å². The van der Waals surface area contributed by atoms with Crippen molar-refractivity contribution >= 4 is 0 Å². The van der Waals surface area contributed by atoms with Crippen LogP contribution in [-0.4, -0.2) is 37.5 Å². The molecule has 3 nitrogen and oxygen atoms in total. The lowest BCUT2D eigenvalue weighted by molar-refractivity contribution is 0.179. The smallest absolute Gasteiger partial charge is 0.0476 e. The molecule has 0 bridgehead atoms. The Kier molecular flexibility index (Phi) is 8.40. The summed E-state index contributed by atoms with van der Waals surface area (Å²) >= 11 is 0. The molecule has 80 valence electrons. The van der Waals surface area contributed by atoms with Gasteiger partial charge in [-0.25, -0.2) is 0 Å². The van der Waals surface area contributed by atoms with Crippen LogP contribution in [0.3, 0.4) is 0 Å². The molecule has 0 amide bonds. The van der Waals surface area contributed by atoms with E-state index in [-0.39, 0.29) is 6.61 Å². The fourth-order valence-electron chi connectivity index (χ4n) is 1.34. The van der Waals surface area contributed by atoms with Crippen LogP contribution in [0.4, 0.5) is 0 Å². The summed E-state index contributed by atoms with van der Waals surface area (Å²) in [5.41, 5.74) is 0. The molecule has 0 aliphatic heterocycles. The van der Waals surface area contributed by atoms with Crippen molar-refractivity contribution in [1.82, 2.24) is 5.32 Å². The van der Waals surface area contributed by atoms with Crippen molar-refractivity contribution in [3.63, 3.8) is 0 Å². The fraction of sp³-hybridized carbons (Fsp3) is 1.00. The van der Waals surface area contributed by atoms with Gasteiger partial charge in [-0.05, 0) is 26.2 Å². The molecule has 0 radical (unpaired) electrons. The molecule has 0 aliphatic rings. The number of rotatable bonds is 8. The molecule has 2 atom stereocenters. The SMILES string of the molecule is CCC(CCO)NC(C)CCOC. The van der Waals surface area contributed by atoms with E-state index in [0.29, 0.717) is 12.1 Å². The minimum atomic E-state index is 0.266. The van der Waals surface area contributed by atoms with Crippen molar-refractivity contribution in [1.29, 1.82) is 0 Å². The third-order valence-electron chi connectivity index (χ3n) is 2.25. The van der Waals surface area contributed by atoms with Crippen LogP contribution in [0.25, 0.3) is 0 Å². The van der Waals surface area contributed by atoms with Gasteiger partial charge in [-0.2, -0.15) is 0 Å². The monoisotopic (exact) mass is 189 g/mol. The third-order valence-corrected chi connectivity index (χ3v) is 2.25. The van der Waals surface area contributed by atoms with Crippen LogP contribution < -0.4 is 5.32 Å². The highest BCUT2D eigenvalue weighted by Crippen LogP contribution is 2.00. The van der Waals surface area contributed by atoms with Crippen LogP contribution in [0, 0.1) is 0 Å². The van der Waals surface area contributed by atoms with Gasteiger partial charge in [0.05, 0.1) is 0 Å². The van der Waals surface area contributed by atoms with Gasteiger partial charge in [-0.15, -0.1) is 0 Å². The summed E-state index contributed by atoms with van der Waals surface area (Å²) in [7, 11) is 1.72. The van der Waals surface area contributed by atoms with Crippen molar-refractivity contribution in [2.75, 3.05) is 20.3 Å². The third kappa shape index (κ3) is 6.99. The van der Waals surface area contributed by atoms with Gasteiger partial charge in [0.2, 0.25) is 0 Å². The van der Waals surface area contributed by atoms with Crippen molar-refractivity contribution in [3.8, 4) is 0 Å². The molecular formula is C10H23NO2. The van der Waals surface area contributed by atoms with Crippen molar-refractivity contribution in [2.24, 2.45) is 0 Å². The van der Waals surface area contributed by atoms with Gasteiger partial charge in [0.15, 0.2) is 0 Å². The lowest BCUT2D eigenvalue weighted by atomic mass is 10.1. The molecule has 0 saturated heterocycles. The zero-order valence-electron chi connectivity index (χ0n) is 9.05. The lowest BCUT2D eigenvalue weighted by Crippen LogP contribution is -2.37. The number of aliphatic hydroxyl groups excluding tert-OH is 1. The van der Waals surface area contributed by atoms with E-state index in [0.717, 1.165) is 25.9 Å². The summed E-state index contributed by atoms with van der Waals surface area (Å²) in [5, 5.41) is 12.3. The Hall–Kier alpha value is -0.120. The Bertz CT molecular complexity index is 109. The number of hydrogen-bond acceptors (Lipinski definition) is 3. The van der Waals surface area contributed by atoms with Crippen LogP contribution in [0.15, 0.2) is 0 Å². The van der Waals surface area contributed by atoms with Crippen LogP contribution in [0.1, 0.15) is 33.1 Å². The first-order chi connectivity index (χ1) is 6.24. The van der Waals surface area contributed by atoms with E-state index in [1.165, 1.54) is 0 Å². The van der Waals surface area contributed by atoms with Gasteiger partial charge < -0.3 is 15.2 Å². The molecule has 0 aromatic heterocycles. The predicted molar refractivity (Wildman–Crippen MR) is 54.9 cm³/mol. The molecule has 0 spiro atoms. The molecule has 0 aromatic rings. The Labute approximate surface area is 81.5 Å². The molecule has 2 N–H and O–H groups in total. The van der Waals surface area contributed by atoms with Crippen LogP contribution in [0.5, 0.6) is 0 Å². The fourth-order valence-corrected chi connectivity index (χ4v) is 1.34. The molecule has 0 aliphatic carbocycles. The molecule has 2 unspecified atom stereocenters. The van der Waals surface area contributed by atoms with Gasteiger partial charge >= 0.3 is 0 Å². The van der Waals surface area contributed by atoms with Crippen molar-refractivity contribution in [3.05, 3.63) is 0 Å². The highest BCUT2D eigenvalue weighted by molar-refractivity contribution is 4.69. The first-order valence-electron chi connectivity index (χ1n) is 5.10. The molecule has 0 rings (SSSR count). The first-order valence-corrected chi connectivity index (χ1v) is 5.10. The second-order valence-electron chi connectivity index (χ2n) is 3.47. The summed E-state index contributed by atoms with van der Waals surface area (Å²) < 4.78 is 5.00. The van der Waals surface area contributed by atoms with Gasteiger partial charge in [0, 0.05) is 32.4 Å². The highest BCUT2D eigenvalue weighted by atomic mass is 16.5. The number of hydrogen-bond donors (Lipinski definition) is 2. The van der Waals surface area contributed by atoms with Gasteiger partial charge in [0.1, 0.15) is 0 Å². The summed E-state index contributed by atoms with van der Waals surface area (Å²) in [5.74, 6) is 0. The molecule has 0 aromatic carbocycles. The largest absolute Gasteiger partial charge is 0.396 e. The zero-order chi connectivity index (χ0) is 10.1. The minimum Gasteiger partial charge on any atom is -0.396 e. The first kappa shape index (κ1) is 12.9. The standard InChI is InChI=1S/C10H23NO2/c1-4-10(5-7-12)11-9(2)6-8-13-3/h9-12H,4-8H2,1-3H3. The summed E-state index contributed by atoms with van der Waals surface area (Å²) in [6.45, 7) is 5.35. The minimum absolute atomic E-state index is 0.266. The van der Waals surface area contributed by atoms with E-state index in [1.807, 2.05) is 0 Å². The lowest BCUT2D eigenvalue weighted by Gasteiger charge is -2.21. The summed E-state index contributed by atoms with van der Waals surface area (Å²) in [6, 6.07) is 0.910. The summed E-state index contributed by atoms with van der Waals surface area (Å²) in [4.78, 5) is 0. The van der Waals surface area contributed by atoms with E-state index in [4.69, 9.17) is 9.84 Å². The number of ether oxygens (including phenoxy) is 1. The Morgan fingerprint density at radius 1 is 1.38 bits per heavy atom. The molecular weight excluding hydrogens is 166 g/mol. The molecule has 0 heterocycles. The van der Waals surface area contributed by atoms with Gasteiger partial charge in [-0.1, -0.05) is 6.92 Å². The molecule has 13 heavy (non-hydrogen) atoms. The van der Waals surface area contributed by atoms with Crippen molar-refractivity contribution < 1.29 is 9.84 Å². The van der Waals surface area contributed by atoms with Crippen LogP contribution in [-0.2, 0) is 4.74 Å². The number of nitrogens with one attached hydrogen (secondary N) is 1.